The minimum Gasteiger partial charge on any atom is -0.425 e. The molecule has 1 rings (SSSR count). The first-order valence-corrected chi connectivity index (χ1v) is 7.05. The molecule has 130 valence electrons. The maximum atomic E-state index is 12.7. The van der Waals surface area contributed by atoms with E-state index in [9.17, 15) is 31.1 Å². The molecule has 0 N–H and O–H groups in total. The highest BCUT2D eigenvalue weighted by Gasteiger charge is 2.75. The van der Waals surface area contributed by atoms with Gasteiger partial charge in [0.2, 0.25) is 0 Å². The summed E-state index contributed by atoms with van der Waals surface area (Å²) in [7, 11) is 0. The normalized spacial score (nSPS) is 13.8. The number of hydrogen-bond acceptors (Lipinski definition) is 2. The van der Waals surface area contributed by atoms with Gasteiger partial charge in [0, 0.05) is 0 Å². The van der Waals surface area contributed by atoms with Crippen molar-refractivity contribution in [1.29, 1.82) is 0 Å². The van der Waals surface area contributed by atoms with Crippen LogP contribution in [0.3, 0.4) is 0 Å². The lowest BCUT2D eigenvalue weighted by Gasteiger charge is -2.29. The van der Waals surface area contributed by atoms with Gasteiger partial charge in [0.25, 0.3) is 0 Å². The van der Waals surface area contributed by atoms with E-state index in [4.69, 9.17) is 0 Å². The lowest BCUT2D eigenvalue weighted by molar-refractivity contribution is -0.259. The molecule has 0 aliphatic carbocycles. The first-order chi connectivity index (χ1) is 10.1. The van der Waals surface area contributed by atoms with Gasteiger partial charge >= 0.3 is 22.6 Å². The average Bonchev–Trinajstić information content (AvgIpc) is 2.34. The Bertz CT molecular complexity index is 555. The average molecular weight is 407 g/mol. The molecule has 0 spiro atoms. The Hall–Kier alpha value is -1.25. The van der Waals surface area contributed by atoms with E-state index in [1.165, 1.54) is 28.1 Å². The third-order valence-electron chi connectivity index (χ3n) is 2.99. The number of benzene rings is 1. The van der Waals surface area contributed by atoms with Crippen LogP contribution in [0.25, 0.3) is 0 Å². The van der Waals surface area contributed by atoms with Crippen molar-refractivity contribution in [3.8, 4) is 5.75 Å². The van der Waals surface area contributed by atoms with Crippen LogP contribution < -0.4 is 4.74 Å². The summed E-state index contributed by atoms with van der Waals surface area (Å²) in [6.45, 7) is 5.60. The Kier molecular flexibility index (Phi) is 5.16. The molecule has 0 saturated heterocycles. The Morgan fingerprint density at radius 3 is 1.61 bits per heavy atom. The van der Waals surface area contributed by atoms with Gasteiger partial charge in [-0.15, -0.1) is 0 Å². The van der Waals surface area contributed by atoms with Crippen molar-refractivity contribution < 1.29 is 35.9 Å². The zero-order valence-electron chi connectivity index (χ0n) is 12.3. The highest BCUT2D eigenvalue weighted by molar-refractivity contribution is 9.10. The van der Waals surface area contributed by atoms with Crippen LogP contribution in [-0.4, -0.2) is 22.6 Å². The molecule has 0 radical (unpaired) electrons. The van der Waals surface area contributed by atoms with Crippen LogP contribution in [0.4, 0.5) is 26.3 Å². The molecule has 2 nitrogen and oxygen atoms in total. The van der Waals surface area contributed by atoms with E-state index >= 15 is 0 Å². The lowest BCUT2D eigenvalue weighted by Crippen LogP contribution is -2.59. The SMILES string of the molecule is CC(C)(C)c1ccc(OC(=O)C(Br)(C(F)(F)F)C(F)(F)F)cc1. The summed E-state index contributed by atoms with van der Waals surface area (Å²) < 4.78 is 75.7. The highest BCUT2D eigenvalue weighted by Crippen LogP contribution is 2.50. The van der Waals surface area contributed by atoms with Crippen LogP contribution in [0.15, 0.2) is 24.3 Å². The van der Waals surface area contributed by atoms with Gasteiger partial charge < -0.3 is 4.74 Å². The Labute approximate surface area is 136 Å². The summed E-state index contributed by atoms with van der Waals surface area (Å²) >= 11 is 1.47. The molecular weight excluding hydrogens is 394 g/mol. The summed E-state index contributed by atoms with van der Waals surface area (Å²) in [6.07, 6.45) is -11.8. The predicted molar refractivity (Wildman–Crippen MR) is 74.5 cm³/mol. The van der Waals surface area contributed by atoms with Crippen molar-refractivity contribution in [3.63, 3.8) is 0 Å². The maximum absolute atomic E-state index is 12.7. The monoisotopic (exact) mass is 406 g/mol. The maximum Gasteiger partial charge on any atom is 0.423 e. The van der Waals surface area contributed by atoms with E-state index in [0.29, 0.717) is 0 Å². The molecule has 1 aromatic carbocycles. The van der Waals surface area contributed by atoms with Crippen molar-refractivity contribution in [3.05, 3.63) is 29.8 Å². The molecule has 0 aliphatic rings. The molecule has 0 aromatic heterocycles. The van der Waals surface area contributed by atoms with Crippen molar-refractivity contribution in [2.24, 2.45) is 0 Å². The number of carbonyl (C=O) groups is 1. The van der Waals surface area contributed by atoms with Crippen molar-refractivity contribution >= 4 is 21.9 Å². The molecule has 0 heterocycles. The third-order valence-corrected chi connectivity index (χ3v) is 4.22. The molecular formula is C14H13BrF6O2. The van der Waals surface area contributed by atoms with E-state index in [-0.39, 0.29) is 5.41 Å². The van der Waals surface area contributed by atoms with Gasteiger partial charge in [0.1, 0.15) is 5.75 Å². The van der Waals surface area contributed by atoms with Gasteiger partial charge in [-0.1, -0.05) is 48.8 Å². The number of carbonyl (C=O) groups excluding carboxylic acids is 1. The topological polar surface area (TPSA) is 26.3 Å². The fourth-order valence-corrected chi connectivity index (χ4v) is 1.67. The zero-order valence-corrected chi connectivity index (χ0v) is 13.9. The van der Waals surface area contributed by atoms with E-state index in [0.717, 1.165) is 17.7 Å². The summed E-state index contributed by atoms with van der Waals surface area (Å²) in [5.41, 5.74) is 0.494. The van der Waals surface area contributed by atoms with Crippen LogP contribution in [0.1, 0.15) is 26.3 Å². The fourth-order valence-electron chi connectivity index (χ4n) is 1.59. The fraction of sp³-hybridized carbons (Fsp3) is 0.500. The second-order valence-electron chi connectivity index (χ2n) is 5.82. The number of halogens is 7. The molecule has 1 aromatic rings. The van der Waals surface area contributed by atoms with Gasteiger partial charge in [-0.3, -0.25) is 0 Å². The lowest BCUT2D eigenvalue weighted by atomic mass is 9.87. The van der Waals surface area contributed by atoms with Crippen LogP contribution >= 0.6 is 15.9 Å². The van der Waals surface area contributed by atoms with Gasteiger partial charge in [-0.2, -0.15) is 26.3 Å². The molecule has 0 amide bonds. The Balaban J connectivity index is 3.10. The molecule has 0 saturated carbocycles. The summed E-state index contributed by atoms with van der Waals surface area (Å²) in [4.78, 5) is 11.5. The number of ether oxygens (including phenoxy) is 1. The number of rotatable bonds is 2. The summed E-state index contributed by atoms with van der Waals surface area (Å²) in [5, 5.41) is 0. The highest BCUT2D eigenvalue weighted by atomic mass is 79.9. The predicted octanol–water partition coefficient (Wildman–Crippen LogP) is 5.15. The van der Waals surface area contributed by atoms with Gasteiger partial charge in [-0.05, 0) is 23.1 Å². The molecule has 23 heavy (non-hydrogen) atoms. The second-order valence-corrected chi connectivity index (χ2v) is 7.01. The molecule has 0 fully saturated rings. The van der Waals surface area contributed by atoms with Crippen LogP contribution in [0.5, 0.6) is 5.75 Å². The minimum atomic E-state index is -5.91. The third kappa shape index (κ3) is 3.99. The quantitative estimate of drug-likeness (QED) is 0.294. The largest absolute Gasteiger partial charge is 0.425 e. The van der Waals surface area contributed by atoms with E-state index in [1.807, 2.05) is 20.8 Å². The van der Waals surface area contributed by atoms with E-state index < -0.39 is 28.4 Å². The number of hydrogen-bond donors (Lipinski definition) is 0. The Morgan fingerprint density at radius 2 is 1.30 bits per heavy atom. The summed E-state index contributed by atoms with van der Waals surface area (Å²) in [5.74, 6) is -2.92. The number of alkyl halides is 7. The van der Waals surface area contributed by atoms with Crippen molar-refractivity contribution in [2.45, 2.75) is 42.9 Å². The van der Waals surface area contributed by atoms with E-state index in [2.05, 4.69) is 4.74 Å². The first-order valence-electron chi connectivity index (χ1n) is 6.26. The Morgan fingerprint density at radius 1 is 0.913 bits per heavy atom. The zero-order chi connectivity index (χ0) is 18.3. The van der Waals surface area contributed by atoms with Crippen LogP contribution in [0, 0.1) is 0 Å². The second kappa shape index (κ2) is 5.99. The van der Waals surface area contributed by atoms with Crippen molar-refractivity contribution in [1.82, 2.24) is 0 Å². The van der Waals surface area contributed by atoms with Crippen LogP contribution in [-0.2, 0) is 10.2 Å². The van der Waals surface area contributed by atoms with Gasteiger partial charge in [0.15, 0.2) is 0 Å². The molecule has 0 aliphatic heterocycles. The minimum absolute atomic E-state index is 0.278. The molecule has 9 heteroatoms. The van der Waals surface area contributed by atoms with Crippen molar-refractivity contribution in [2.75, 3.05) is 0 Å². The van der Waals surface area contributed by atoms with Crippen LogP contribution in [0.2, 0.25) is 0 Å². The smallest absolute Gasteiger partial charge is 0.423 e. The standard InChI is InChI=1S/C14H13BrF6O2/c1-11(2,3)8-4-6-9(7-5-8)23-10(22)12(15,13(16,17)18)14(19,20)21/h4-7H,1-3H3. The van der Waals surface area contributed by atoms with Gasteiger partial charge in [-0.25, -0.2) is 4.79 Å². The number of esters is 1. The molecule has 0 bridgehead atoms. The summed E-state index contributed by atoms with van der Waals surface area (Å²) in [6, 6.07) is 5.19. The van der Waals surface area contributed by atoms with E-state index in [1.54, 1.807) is 0 Å². The molecule has 0 atom stereocenters. The first kappa shape index (κ1) is 19.8. The van der Waals surface area contributed by atoms with Gasteiger partial charge in [0.05, 0.1) is 0 Å². The molecule has 0 unspecified atom stereocenters.